The Labute approximate surface area is 178 Å². The minimum absolute atomic E-state index is 0.116. The van der Waals surface area contributed by atoms with Crippen LogP contribution in [0.3, 0.4) is 0 Å². The second-order valence-electron chi connectivity index (χ2n) is 8.67. The molecule has 1 saturated heterocycles. The number of hydrogen-bond acceptors (Lipinski definition) is 4. The van der Waals surface area contributed by atoms with Gasteiger partial charge >= 0.3 is 0 Å². The van der Waals surface area contributed by atoms with Crippen LogP contribution in [0.1, 0.15) is 48.4 Å². The molecule has 2 aromatic rings. The maximum absolute atomic E-state index is 13.1. The monoisotopic (exact) mass is 412 g/mol. The van der Waals surface area contributed by atoms with Gasteiger partial charge in [0.25, 0.3) is 5.91 Å². The van der Waals surface area contributed by atoms with Crippen molar-refractivity contribution >= 4 is 11.8 Å². The molecule has 1 fully saturated rings. The minimum Gasteiger partial charge on any atom is -0.493 e. The van der Waals surface area contributed by atoms with E-state index in [-0.39, 0.29) is 11.8 Å². The Hall–Kier alpha value is -2.76. The molecule has 0 saturated carbocycles. The molecule has 6 heteroatoms. The molecule has 0 spiro atoms. The van der Waals surface area contributed by atoms with Crippen LogP contribution in [0.2, 0.25) is 0 Å². The van der Waals surface area contributed by atoms with Crippen molar-refractivity contribution in [3.8, 4) is 5.75 Å². The van der Waals surface area contributed by atoms with Gasteiger partial charge in [-0.2, -0.15) is 0 Å². The van der Waals surface area contributed by atoms with Gasteiger partial charge in [0.2, 0.25) is 5.91 Å². The zero-order valence-electron chi connectivity index (χ0n) is 18.4. The summed E-state index contributed by atoms with van der Waals surface area (Å²) in [5.41, 5.74) is 1.84. The van der Waals surface area contributed by atoms with Crippen LogP contribution in [0.5, 0.6) is 5.75 Å². The highest BCUT2D eigenvalue weighted by atomic mass is 16.5. The maximum atomic E-state index is 13.1. The smallest absolute Gasteiger partial charge is 0.289 e. The molecule has 2 amide bonds. The zero-order chi connectivity index (χ0) is 21.7. The van der Waals surface area contributed by atoms with E-state index in [1.807, 2.05) is 25.7 Å². The number of benzene rings is 1. The average Bonchev–Trinajstić information content (AvgIpc) is 3.27. The van der Waals surface area contributed by atoms with E-state index < -0.39 is 5.41 Å². The summed E-state index contributed by atoms with van der Waals surface area (Å²) in [6.07, 6.45) is 3.06. The van der Waals surface area contributed by atoms with Crippen LogP contribution in [0.25, 0.3) is 0 Å². The predicted octanol–water partition coefficient (Wildman–Crippen LogP) is 4.07. The molecule has 1 aliphatic heterocycles. The molecular weight excluding hydrogens is 380 g/mol. The molecule has 0 unspecified atom stereocenters. The number of nitrogens with zero attached hydrogens (tertiary/aromatic N) is 2. The summed E-state index contributed by atoms with van der Waals surface area (Å²) in [7, 11) is 0. The summed E-state index contributed by atoms with van der Waals surface area (Å²) in [5.74, 6) is 1.28. The van der Waals surface area contributed by atoms with Gasteiger partial charge in [-0.15, -0.1) is 0 Å². The van der Waals surface area contributed by atoms with Gasteiger partial charge in [-0.1, -0.05) is 26.0 Å². The Morgan fingerprint density at radius 1 is 1.07 bits per heavy atom. The van der Waals surface area contributed by atoms with Crippen molar-refractivity contribution in [1.82, 2.24) is 9.80 Å². The first kappa shape index (κ1) is 21.9. The lowest BCUT2D eigenvalue weighted by molar-refractivity contribution is -0.142. The van der Waals surface area contributed by atoms with Gasteiger partial charge in [-0.3, -0.25) is 9.59 Å². The lowest BCUT2D eigenvalue weighted by Gasteiger charge is -2.38. The third-order valence-electron chi connectivity index (χ3n) is 5.71. The van der Waals surface area contributed by atoms with Crippen LogP contribution < -0.4 is 4.74 Å². The third kappa shape index (κ3) is 5.23. The molecule has 0 atom stereocenters. The van der Waals surface area contributed by atoms with E-state index in [9.17, 15) is 9.59 Å². The summed E-state index contributed by atoms with van der Waals surface area (Å²) in [6, 6.07) is 9.57. The standard InChI is InChI=1S/C24H32N2O4/c1-18-8-9-19(2)21(17-18)30-16-6-10-24(3,4)23(28)26-13-11-25(12-14-26)22(27)20-7-5-15-29-20/h5,7-9,15,17H,6,10-14,16H2,1-4H3. The van der Waals surface area contributed by atoms with E-state index in [2.05, 4.69) is 25.1 Å². The van der Waals surface area contributed by atoms with Crippen LogP contribution in [-0.4, -0.2) is 54.4 Å². The topological polar surface area (TPSA) is 63.0 Å². The van der Waals surface area contributed by atoms with Crippen LogP contribution in [0.4, 0.5) is 0 Å². The third-order valence-corrected chi connectivity index (χ3v) is 5.71. The Balaban J connectivity index is 1.45. The van der Waals surface area contributed by atoms with E-state index in [4.69, 9.17) is 9.15 Å². The van der Waals surface area contributed by atoms with E-state index >= 15 is 0 Å². The highest BCUT2D eigenvalue weighted by Crippen LogP contribution is 2.27. The highest BCUT2D eigenvalue weighted by molar-refractivity contribution is 5.91. The number of furan rings is 1. The van der Waals surface area contributed by atoms with E-state index in [0.29, 0.717) is 38.5 Å². The highest BCUT2D eigenvalue weighted by Gasteiger charge is 2.34. The Morgan fingerprint density at radius 3 is 2.43 bits per heavy atom. The first-order valence-corrected chi connectivity index (χ1v) is 10.6. The van der Waals surface area contributed by atoms with Crippen LogP contribution >= 0.6 is 0 Å². The molecule has 0 N–H and O–H groups in total. The second-order valence-corrected chi connectivity index (χ2v) is 8.67. The number of carbonyl (C=O) groups excluding carboxylic acids is 2. The number of aryl methyl sites for hydroxylation is 2. The number of hydrogen-bond donors (Lipinski definition) is 0. The van der Waals surface area contributed by atoms with Crippen molar-refractivity contribution in [2.75, 3.05) is 32.8 Å². The average molecular weight is 413 g/mol. The number of amides is 2. The molecule has 0 radical (unpaired) electrons. The zero-order valence-corrected chi connectivity index (χ0v) is 18.4. The van der Waals surface area contributed by atoms with Crippen molar-refractivity contribution in [2.45, 2.75) is 40.5 Å². The predicted molar refractivity (Wildman–Crippen MR) is 116 cm³/mol. The van der Waals surface area contributed by atoms with E-state index in [1.54, 1.807) is 17.0 Å². The SMILES string of the molecule is Cc1ccc(C)c(OCCCC(C)(C)C(=O)N2CCN(C(=O)c3ccco3)CC2)c1. The molecule has 3 rings (SSSR count). The van der Waals surface area contributed by atoms with Gasteiger partial charge in [0.1, 0.15) is 5.75 Å². The molecule has 162 valence electrons. The number of piperazine rings is 1. The lowest BCUT2D eigenvalue weighted by Crippen LogP contribution is -2.53. The molecule has 30 heavy (non-hydrogen) atoms. The Kier molecular flexibility index (Phi) is 6.85. The summed E-state index contributed by atoms with van der Waals surface area (Å²) >= 11 is 0. The molecule has 1 aromatic carbocycles. The largest absolute Gasteiger partial charge is 0.493 e. The first-order chi connectivity index (χ1) is 14.3. The normalized spacial score (nSPS) is 14.7. The molecular formula is C24H32N2O4. The van der Waals surface area contributed by atoms with E-state index in [1.165, 1.54) is 11.8 Å². The fourth-order valence-corrected chi connectivity index (χ4v) is 3.76. The summed E-state index contributed by atoms with van der Waals surface area (Å²) in [5, 5.41) is 0. The van der Waals surface area contributed by atoms with Gasteiger partial charge in [0.05, 0.1) is 12.9 Å². The molecule has 0 aliphatic carbocycles. The molecule has 1 aliphatic rings. The fraction of sp³-hybridized carbons (Fsp3) is 0.500. The Morgan fingerprint density at radius 2 is 1.77 bits per heavy atom. The fourth-order valence-electron chi connectivity index (χ4n) is 3.76. The second kappa shape index (κ2) is 9.37. The van der Waals surface area contributed by atoms with Gasteiger partial charge in [0.15, 0.2) is 5.76 Å². The molecule has 0 bridgehead atoms. The van der Waals surface area contributed by atoms with Gasteiger partial charge in [-0.25, -0.2) is 0 Å². The van der Waals surface area contributed by atoms with Crippen molar-refractivity contribution < 1.29 is 18.7 Å². The Bertz CT molecular complexity index is 865. The van der Waals surface area contributed by atoms with Crippen molar-refractivity contribution in [2.24, 2.45) is 5.41 Å². The van der Waals surface area contributed by atoms with Gasteiger partial charge < -0.3 is 19.0 Å². The lowest BCUT2D eigenvalue weighted by atomic mass is 9.86. The van der Waals surface area contributed by atoms with Gasteiger partial charge in [-0.05, 0) is 56.0 Å². The van der Waals surface area contributed by atoms with Crippen molar-refractivity contribution in [1.29, 1.82) is 0 Å². The van der Waals surface area contributed by atoms with Crippen molar-refractivity contribution in [3.63, 3.8) is 0 Å². The molecule has 1 aromatic heterocycles. The van der Waals surface area contributed by atoms with Gasteiger partial charge in [0, 0.05) is 31.6 Å². The minimum atomic E-state index is -0.460. The quantitative estimate of drug-likeness (QED) is 0.643. The first-order valence-electron chi connectivity index (χ1n) is 10.6. The maximum Gasteiger partial charge on any atom is 0.289 e. The number of carbonyl (C=O) groups is 2. The van der Waals surface area contributed by atoms with Crippen LogP contribution in [0, 0.1) is 19.3 Å². The number of rotatable bonds is 7. The molecule has 2 heterocycles. The van der Waals surface area contributed by atoms with Crippen LogP contribution in [-0.2, 0) is 4.79 Å². The van der Waals surface area contributed by atoms with Crippen LogP contribution in [0.15, 0.2) is 41.0 Å². The van der Waals surface area contributed by atoms with Crippen molar-refractivity contribution in [3.05, 3.63) is 53.5 Å². The summed E-state index contributed by atoms with van der Waals surface area (Å²) in [4.78, 5) is 29.1. The summed E-state index contributed by atoms with van der Waals surface area (Å²) < 4.78 is 11.1. The number of ether oxygens (including phenoxy) is 1. The molecule has 6 nitrogen and oxygen atoms in total. The van der Waals surface area contributed by atoms with E-state index in [0.717, 1.165) is 24.2 Å². The summed E-state index contributed by atoms with van der Waals surface area (Å²) in [6.45, 7) is 10.8.